The van der Waals surface area contributed by atoms with Crippen molar-refractivity contribution in [2.75, 3.05) is 0 Å². The Bertz CT molecular complexity index is 556. The quantitative estimate of drug-likeness (QED) is 0.819. The Balaban J connectivity index is 2.40. The Hall–Kier alpha value is -1.78. The molecule has 0 aliphatic carbocycles. The van der Waals surface area contributed by atoms with E-state index in [0.29, 0.717) is 11.6 Å². The summed E-state index contributed by atoms with van der Waals surface area (Å²) < 4.78 is 39.6. The van der Waals surface area contributed by atoms with E-state index in [4.69, 9.17) is 0 Å². The van der Waals surface area contributed by atoms with Gasteiger partial charge in [0.1, 0.15) is 0 Å². The highest BCUT2D eigenvalue weighted by Crippen LogP contribution is 2.30. The van der Waals surface area contributed by atoms with Gasteiger partial charge in [0.05, 0.1) is 11.3 Å². The standard InChI is InChI=1S/C14H15F3N2/c1-10(2)8-13-6-7-18-19(13)12-5-3-4-11(9-12)14(15,16)17/h3-7,9-10H,8H2,1-2H3. The Labute approximate surface area is 109 Å². The summed E-state index contributed by atoms with van der Waals surface area (Å²) in [7, 11) is 0. The first-order chi connectivity index (χ1) is 8.88. The van der Waals surface area contributed by atoms with Crippen LogP contribution in [0.15, 0.2) is 36.5 Å². The van der Waals surface area contributed by atoms with E-state index in [9.17, 15) is 13.2 Å². The molecule has 0 atom stereocenters. The van der Waals surface area contributed by atoms with Crippen molar-refractivity contribution >= 4 is 0 Å². The number of hydrogen-bond acceptors (Lipinski definition) is 1. The summed E-state index contributed by atoms with van der Waals surface area (Å²) >= 11 is 0. The fourth-order valence-corrected chi connectivity index (χ4v) is 1.95. The molecule has 0 aliphatic heterocycles. The van der Waals surface area contributed by atoms with Gasteiger partial charge in [-0.15, -0.1) is 0 Å². The third kappa shape index (κ3) is 3.16. The van der Waals surface area contributed by atoms with Crippen LogP contribution in [0.25, 0.3) is 5.69 Å². The van der Waals surface area contributed by atoms with Crippen LogP contribution in [0.4, 0.5) is 13.2 Å². The van der Waals surface area contributed by atoms with Crippen LogP contribution in [-0.4, -0.2) is 9.78 Å². The van der Waals surface area contributed by atoms with Gasteiger partial charge >= 0.3 is 6.18 Å². The second kappa shape index (κ2) is 5.07. The van der Waals surface area contributed by atoms with E-state index in [2.05, 4.69) is 18.9 Å². The second-order valence-electron chi connectivity index (χ2n) is 4.88. The fraction of sp³-hybridized carbons (Fsp3) is 0.357. The molecule has 2 aromatic rings. The molecule has 102 valence electrons. The number of halogens is 3. The molecule has 1 heterocycles. The molecule has 0 saturated carbocycles. The highest BCUT2D eigenvalue weighted by atomic mass is 19.4. The predicted molar refractivity (Wildman–Crippen MR) is 67.1 cm³/mol. The molecular formula is C14H15F3N2. The summed E-state index contributed by atoms with van der Waals surface area (Å²) in [6.45, 7) is 4.12. The molecule has 0 unspecified atom stereocenters. The molecule has 0 amide bonds. The SMILES string of the molecule is CC(C)Cc1ccnn1-c1cccc(C(F)(F)F)c1. The van der Waals surface area contributed by atoms with E-state index >= 15 is 0 Å². The van der Waals surface area contributed by atoms with E-state index < -0.39 is 11.7 Å². The van der Waals surface area contributed by atoms with Crippen molar-refractivity contribution in [3.05, 3.63) is 47.8 Å². The van der Waals surface area contributed by atoms with Crippen LogP contribution in [-0.2, 0) is 12.6 Å². The normalized spacial score (nSPS) is 12.1. The number of benzene rings is 1. The number of alkyl halides is 3. The van der Waals surface area contributed by atoms with E-state index in [1.807, 2.05) is 6.07 Å². The minimum absolute atomic E-state index is 0.418. The van der Waals surface area contributed by atoms with E-state index in [1.165, 1.54) is 6.07 Å². The van der Waals surface area contributed by atoms with Gasteiger partial charge in [-0.3, -0.25) is 0 Å². The van der Waals surface area contributed by atoms with Gasteiger partial charge in [-0.2, -0.15) is 18.3 Å². The first-order valence-corrected chi connectivity index (χ1v) is 6.08. The number of rotatable bonds is 3. The van der Waals surface area contributed by atoms with Gasteiger partial charge in [0.2, 0.25) is 0 Å². The molecule has 5 heteroatoms. The van der Waals surface area contributed by atoms with Crippen LogP contribution in [0.2, 0.25) is 0 Å². The van der Waals surface area contributed by atoms with Gasteiger partial charge in [0.15, 0.2) is 0 Å². The summed E-state index contributed by atoms with van der Waals surface area (Å²) in [5.74, 6) is 0.418. The second-order valence-corrected chi connectivity index (χ2v) is 4.88. The lowest BCUT2D eigenvalue weighted by atomic mass is 10.1. The first kappa shape index (κ1) is 13.6. The average Bonchev–Trinajstić information content (AvgIpc) is 2.75. The van der Waals surface area contributed by atoms with Crippen molar-refractivity contribution in [2.45, 2.75) is 26.4 Å². The molecule has 0 spiro atoms. The molecule has 19 heavy (non-hydrogen) atoms. The van der Waals surface area contributed by atoms with Crippen LogP contribution in [0.1, 0.15) is 25.1 Å². The molecule has 1 aromatic carbocycles. The topological polar surface area (TPSA) is 17.8 Å². The summed E-state index contributed by atoms with van der Waals surface area (Å²) in [6, 6.07) is 7.05. The third-order valence-electron chi connectivity index (χ3n) is 2.76. The van der Waals surface area contributed by atoms with E-state index in [1.54, 1.807) is 16.9 Å². The lowest BCUT2D eigenvalue weighted by molar-refractivity contribution is -0.137. The molecule has 0 saturated heterocycles. The monoisotopic (exact) mass is 268 g/mol. The maximum atomic E-state index is 12.7. The molecule has 1 aromatic heterocycles. The van der Waals surface area contributed by atoms with Crippen molar-refractivity contribution in [3.8, 4) is 5.69 Å². The highest BCUT2D eigenvalue weighted by Gasteiger charge is 2.30. The van der Waals surface area contributed by atoms with Gasteiger partial charge in [-0.25, -0.2) is 4.68 Å². The molecule has 0 aliphatic rings. The van der Waals surface area contributed by atoms with Gasteiger partial charge in [0, 0.05) is 11.9 Å². The average molecular weight is 268 g/mol. The van der Waals surface area contributed by atoms with E-state index in [-0.39, 0.29) is 0 Å². The van der Waals surface area contributed by atoms with Crippen LogP contribution in [0, 0.1) is 5.92 Å². The molecule has 2 rings (SSSR count). The van der Waals surface area contributed by atoms with Gasteiger partial charge in [0.25, 0.3) is 0 Å². The first-order valence-electron chi connectivity index (χ1n) is 6.08. The maximum absolute atomic E-state index is 12.7. The zero-order valence-corrected chi connectivity index (χ0v) is 10.8. The number of hydrogen-bond donors (Lipinski definition) is 0. The summed E-state index contributed by atoms with van der Waals surface area (Å²) in [5, 5.41) is 4.11. The van der Waals surface area contributed by atoms with Crippen molar-refractivity contribution < 1.29 is 13.2 Å². The summed E-state index contributed by atoms with van der Waals surface area (Å²) in [6.07, 6.45) is -1.95. The van der Waals surface area contributed by atoms with Crippen LogP contribution >= 0.6 is 0 Å². The lowest BCUT2D eigenvalue weighted by Gasteiger charge is -2.12. The van der Waals surface area contributed by atoms with Crippen molar-refractivity contribution in [2.24, 2.45) is 5.92 Å². The highest BCUT2D eigenvalue weighted by molar-refractivity contribution is 5.37. The van der Waals surface area contributed by atoms with Crippen molar-refractivity contribution in [1.82, 2.24) is 9.78 Å². The number of nitrogens with zero attached hydrogens (tertiary/aromatic N) is 2. The molecule has 0 bridgehead atoms. The lowest BCUT2D eigenvalue weighted by Crippen LogP contribution is -2.09. The van der Waals surface area contributed by atoms with E-state index in [0.717, 1.165) is 24.2 Å². The molecular weight excluding hydrogens is 253 g/mol. The minimum atomic E-state index is -4.33. The summed E-state index contributed by atoms with van der Waals surface area (Å²) in [5.41, 5.74) is 0.695. The fourth-order valence-electron chi connectivity index (χ4n) is 1.95. The molecule has 0 N–H and O–H groups in total. The minimum Gasteiger partial charge on any atom is -0.238 e. The molecule has 2 nitrogen and oxygen atoms in total. The van der Waals surface area contributed by atoms with Gasteiger partial charge in [-0.1, -0.05) is 19.9 Å². The van der Waals surface area contributed by atoms with Gasteiger partial charge < -0.3 is 0 Å². The largest absolute Gasteiger partial charge is 0.416 e. The Morgan fingerprint density at radius 3 is 2.58 bits per heavy atom. The summed E-state index contributed by atoms with van der Waals surface area (Å²) in [4.78, 5) is 0. The van der Waals surface area contributed by atoms with Crippen LogP contribution < -0.4 is 0 Å². The molecule has 0 radical (unpaired) electrons. The molecule has 0 fully saturated rings. The predicted octanol–water partition coefficient (Wildman–Crippen LogP) is 4.09. The van der Waals surface area contributed by atoms with Crippen LogP contribution in [0.5, 0.6) is 0 Å². The maximum Gasteiger partial charge on any atom is 0.416 e. The number of aromatic nitrogens is 2. The zero-order chi connectivity index (χ0) is 14.0. The Kier molecular flexibility index (Phi) is 3.64. The van der Waals surface area contributed by atoms with Gasteiger partial charge in [-0.05, 0) is 36.6 Å². The Morgan fingerprint density at radius 1 is 1.21 bits per heavy atom. The Morgan fingerprint density at radius 2 is 1.95 bits per heavy atom. The van der Waals surface area contributed by atoms with Crippen molar-refractivity contribution in [1.29, 1.82) is 0 Å². The van der Waals surface area contributed by atoms with Crippen LogP contribution in [0.3, 0.4) is 0 Å². The van der Waals surface area contributed by atoms with Crippen molar-refractivity contribution in [3.63, 3.8) is 0 Å². The zero-order valence-electron chi connectivity index (χ0n) is 10.8. The third-order valence-corrected chi connectivity index (χ3v) is 2.76. The smallest absolute Gasteiger partial charge is 0.238 e.